The molecule has 0 saturated heterocycles. The van der Waals surface area contributed by atoms with E-state index in [1.165, 1.54) is 18.2 Å². The molecule has 0 aliphatic rings. The number of benzene rings is 1. The third kappa shape index (κ3) is 4.69. The Bertz CT molecular complexity index is 517. The lowest BCUT2D eigenvalue weighted by Crippen LogP contribution is -2.01. The minimum atomic E-state index is -3.18. The highest BCUT2D eigenvalue weighted by Gasteiger charge is 2.05. The first-order valence-electron chi connectivity index (χ1n) is 4.83. The van der Waals surface area contributed by atoms with E-state index in [0.29, 0.717) is 6.54 Å². The second-order valence-electron chi connectivity index (χ2n) is 3.42. The van der Waals surface area contributed by atoms with Crippen molar-refractivity contribution < 1.29 is 18.3 Å². The van der Waals surface area contributed by atoms with Crippen molar-refractivity contribution in [2.75, 3.05) is 18.1 Å². The van der Waals surface area contributed by atoms with E-state index in [-0.39, 0.29) is 4.90 Å². The van der Waals surface area contributed by atoms with Crippen molar-refractivity contribution >= 4 is 21.5 Å². The molecule has 0 unspecified atom stereocenters. The van der Waals surface area contributed by atoms with Gasteiger partial charge in [0.05, 0.1) is 4.90 Å². The van der Waals surface area contributed by atoms with Crippen LogP contribution >= 0.6 is 0 Å². The van der Waals surface area contributed by atoms with Gasteiger partial charge in [-0.05, 0) is 24.3 Å². The number of sulfone groups is 1. The summed E-state index contributed by atoms with van der Waals surface area (Å²) in [6.07, 6.45) is 3.65. The second-order valence-corrected chi connectivity index (χ2v) is 5.43. The molecule has 1 rings (SSSR count). The van der Waals surface area contributed by atoms with Gasteiger partial charge >= 0.3 is 5.97 Å². The maximum atomic E-state index is 11.2. The molecular weight excluding hydrogens is 242 g/mol. The monoisotopic (exact) mass is 255 g/mol. The van der Waals surface area contributed by atoms with E-state index in [9.17, 15) is 13.2 Å². The molecule has 0 amide bonds. The van der Waals surface area contributed by atoms with E-state index in [4.69, 9.17) is 5.11 Å². The topological polar surface area (TPSA) is 83.5 Å². The largest absolute Gasteiger partial charge is 0.478 e. The summed E-state index contributed by atoms with van der Waals surface area (Å²) in [4.78, 5) is 10.4. The Hall–Kier alpha value is -1.82. The molecule has 0 saturated carbocycles. The minimum Gasteiger partial charge on any atom is -0.478 e. The fourth-order valence-corrected chi connectivity index (χ4v) is 1.79. The number of hydrogen-bond donors (Lipinski definition) is 2. The summed E-state index contributed by atoms with van der Waals surface area (Å²) in [6, 6.07) is 6.26. The van der Waals surface area contributed by atoms with Crippen LogP contribution in [-0.4, -0.2) is 32.3 Å². The van der Waals surface area contributed by atoms with Gasteiger partial charge in [-0.15, -0.1) is 0 Å². The number of carboxylic acid groups (broad SMARTS) is 1. The zero-order chi connectivity index (χ0) is 12.9. The highest BCUT2D eigenvalue weighted by molar-refractivity contribution is 7.90. The van der Waals surface area contributed by atoms with Crippen molar-refractivity contribution in [1.82, 2.24) is 0 Å². The first-order valence-corrected chi connectivity index (χ1v) is 6.72. The van der Waals surface area contributed by atoms with Gasteiger partial charge in [-0.3, -0.25) is 0 Å². The van der Waals surface area contributed by atoms with Crippen molar-refractivity contribution in [2.45, 2.75) is 4.90 Å². The highest BCUT2D eigenvalue weighted by Crippen LogP contribution is 2.13. The molecule has 5 nitrogen and oxygen atoms in total. The molecule has 0 aliphatic carbocycles. The molecule has 0 heterocycles. The smallest absolute Gasteiger partial charge is 0.328 e. The van der Waals surface area contributed by atoms with Crippen LogP contribution < -0.4 is 5.32 Å². The Morgan fingerprint density at radius 1 is 1.35 bits per heavy atom. The number of carboxylic acids is 1. The molecule has 6 heteroatoms. The molecule has 2 N–H and O–H groups in total. The van der Waals surface area contributed by atoms with Crippen LogP contribution in [0.15, 0.2) is 41.3 Å². The normalized spacial score (nSPS) is 11.6. The second kappa shape index (κ2) is 5.49. The van der Waals surface area contributed by atoms with Gasteiger partial charge in [0.1, 0.15) is 0 Å². The number of hydrogen-bond acceptors (Lipinski definition) is 4. The maximum Gasteiger partial charge on any atom is 0.328 e. The number of carbonyl (C=O) groups is 1. The molecule has 0 aromatic heterocycles. The van der Waals surface area contributed by atoms with Gasteiger partial charge in [-0.25, -0.2) is 13.2 Å². The van der Waals surface area contributed by atoms with Crippen LogP contribution in [0.1, 0.15) is 0 Å². The first-order chi connectivity index (χ1) is 7.89. The third-order valence-electron chi connectivity index (χ3n) is 1.97. The van der Waals surface area contributed by atoms with Gasteiger partial charge in [0.15, 0.2) is 9.84 Å². The van der Waals surface area contributed by atoms with Crippen LogP contribution in [0.25, 0.3) is 0 Å². The first kappa shape index (κ1) is 13.2. The van der Waals surface area contributed by atoms with Crippen LogP contribution in [0.3, 0.4) is 0 Å². The predicted octanol–water partition coefficient (Wildman–Crippen LogP) is 1.14. The van der Waals surface area contributed by atoms with Crippen molar-refractivity contribution in [3.05, 3.63) is 36.4 Å². The Kier molecular flexibility index (Phi) is 4.28. The average Bonchev–Trinajstić information content (AvgIpc) is 2.23. The van der Waals surface area contributed by atoms with Crippen LogP contribution in [0.2, 0.25) is 0 Å². The zero-order valence-electron chi connectivity index (χ0n) is 9.25. The highest BCUT2D eigenvalue weighted by atomic mass is 32.2. The molecule has 1 aromatic rings. The summed E-state index contributed by atoms with van der Waals surface area (Å²) in [5, 5.41) is 11.3. The summed E-state index contributed by atoms with van der Waals surface area (Å²) >= 11 is 0. The molecule has 92 valence electrons. The van der Waals surface area contributed by atoms with Gasteiger partial charge in [0, 0.05) is 24.6 Å². The minimum absolute atomic E-state index is 0.254. The van der Waals surface area contributed by atoms with Gasteiger partial charge in [-0.1, -0.05) is 6.08 Å². The molecule has 0 aliphatic heterocycles. The van der Waals surface area contributed by atoms with Crippen LogP contribution in [0, 0.1) is 0 Å². The molecule has 0 fully saturated rings. The zero-order valence-corrected chi connectivity index (χ0v) is 10.1. The molecule has 0 atom stereocenters. The van der Waals surface area contributed by atoms with E-state index >= 15 is 0 Å². The van der Waals surface area contributed by atoms with Gasteiger partial charge in [0.25, 0.3) is 0 Å². The van der Waals surface area contributed by atoms with Crippen molar-refractivity contribution in [1.29, 1.82) is 0 Å². The standard InChI is InChI=1S/C11H13NO4S/c1-17(15,16)10-6-4-9(5-7-10)12-8-2-3-11(13)14/h2-7,12H,8H2,1H3,(H,13,14)/b3-2+. The van der Waals surface area contributed by atoms with Crippen molar-refractivity contribution in [3.8, 4) is 0 Å². The fraction of sp³-hybridized carbons (Fsp3) is 0.182. The maximum absolute atomic E-state index is 11.2. The Morgan fingerprint density at radius 2 is 1.94 bits per heavy atom. The average molecular weight is 255 g/mol. The Labute approximate surface area is 99.7 Å². The number of anilines is 1. The van der Waals surface area contributed by atoms with Crippen molar-refractivity contribution in [2.24, 2.45) is 0 Å². The third-order valence-corrected chi connectivity index (χ3v) is 3.10. The summed E-state index contributed by atoms with van der Waals surface area (Å²) in [5.41, 5.74) is 0.729. The molecule has 0 spiro atoms. The summed E-state index contributed by atoms with van der Waals surface area (Å²) < 4.78 is 22.4. The Balaban J connectivity index is 2.61. The van der Waals surface area contributed by atoms with E-state index in [2.05, 4.69) is 5.32 Å². The SMILES string of the molecule is CS(=O)(=O)c1ccc(NC/C=C/C(=O)O)cc1. The number of rotatable bonds is 5. The van der Waals surface area contributed by atoms with E-state index in [1.807, 2.05) is 0 Å². The lowest BCUT2D eigenvalue weighted by atomic mass is 10.3. The van der Waals surface area contributed by atoms with Gasteiger partial charge in [-0.2, -0.15) is 0 Å². The fourth-order valence-electron chi connectivity index (χ4n) is 1.16. The van der Waals surface area contributed by atoms with Crippen LogP contribution in [-0.2, 0) is 14.6 Å². The van der Waals surface area contributed by atoms with Crippen molar-refractivity contribution in [3.63, 3.8) is 0 Å². The summed E-state index contributed by atoms with van der Waals surface area (Å²) in [7, 11) is -3.18. The lowest BCUT2D eigenvalue weighted by Gasteiger charge is -2.04. The molecule has 17 heavy (non-hydrogen) atoms. The predicted molar refractivity (Wildman–Crippen MR) is 64.8 cm³/mol. The van der Waals surface area contributed by atoms with E-state index in [1.54, 1.807) is 12.1 Å². The van der Waals surface area contributed by atoms with Crippen LogP contribution in [0.4, 0.5) is 5.69 Å². The molecule has 0 bridgehead atoms. The quantitative estimate of drug-likeness (QED) is 0.771. The summed E-state index contributed by atoms with van der Waals surface area (Å²) in [5.74, 6) is -1.00. The van der Waals surface area contributed by atoms with E-state index in [0.717, 1.165) is 18.0 Å². The molecule has 0 radical (unpaired) electrons. The van der Waals surface area contributed by atoms with Gasteiger partial charge in [0.2, 0.25) is 0 Å². The lowest BCUT2D eigenvalue weighted by molar-refractivity contribution is -0.131. The van der Waals surface area contributed by atoms with Crippen LogP contribution in [0.5, 0.6) is 0 Å². The molecule has 1 aromatic carbocycles. The number of aliphatic carboxylic acids is 1. The van der Waals surface area contributed by atoms with Gasteiger partial charge < -0.3 is 10.4 Å². The van der Waals surface area contributed by atoms with E-state index < -0.39 is 15.8 Å². The molecular formula is C11H13NO4S. The Morgan fingerprint density at radius 3 is 2.41 bits per heavy atom. The summed E-state index contributed by atoms with van der Waals surface area (Å²) in [6.45, 7) is 0.366. The number of nitrogens with one attached hydrogen (secondary N) is 1.